The van der Waals surface area contributed by atoms with Crippen molar-refractivity contribution in [3.8, 4) is 10.6 Å². The molecule has 7 rings (SSSR count). The number of halogens is 2. The lowest BCUT2D eigenvalue weighted by Crippen LogP contribution is -2.70. The van der Waals surface area contributed by atoms with Crippen molar-refractivity contribution in [2.45, 2.75) is 60.9 Å². The molecule has 4 fully saturated rings. The molecule has 2 saturated carbocycles. The predicted octanol–water partition coefficient (Wildman–Crippen LogP) is 2.68. The molecule has 14 heteroatoms. The molecule has 3 aromatic heterocycles. The molecule has 5 heterocycles. The van der Waals surface area contributed by atoms with Gasteiger partial charge in [0.15, 0.2) is 10.0 Å². The smallest absolute Gasteiger partial charge is 0.291 e. The van der Waals surface area contributed by atoms with Gasteiger partial charge in [-0.15, -0.1) is 10.2 Å². The van der Waals surface area contributed by atoms with Gasteiger partial charge in [0.2, 0.25) is 10.0 Å². The Balaban J connectivity index is 1.43. The van der Waals surface area contributed by atoms with Crippen LogP contribution in [0.3, 0.4) is 0 Å². The van der Waals surface area contributed by atoms with Gasteiger partial charge in [0, 0.05) is 37.2 Å². The second-order valence-electron chi connectivity index (χ2n) is 10.9. The first-order valence-corrected chi connectivity index (χ1v) is 14.8. The van der Waals surface area contributed by atoms with E-state index < -0.39 is 22.0 Å². The normalized spacial score (nSPS) is 22.6. The first kappa shape index (κ1) is 23.8. The molecule has 0 atom stereocenters. The summed E-state index contributed by atoms with van der Waals surface area (Å²) in [5, 5.41) is 16.2. The molecule has 1 spiro atoms. The Bertz CT molecular complexity index is 1490. The molecule has 2 saturated heterocycles. The number of ether oxygens (including phenoxy) is 1. The van der Waals surface area contributed by atoms with Crippen LogP contribution >= 0.6 is 11.3 Å². The summed E-state index contributed by atoms with van der Waals surface area (Å²) in [5.74, 6) is 0.831. The molecule has 2 aliphatic heterocycles. The van der Waals surface area contributed by atoms with E-state index in [1.807, 2.05) is 6.92 Å². The number of piperazine rings is 1. The molecule has 37 heavy (non-hydrogen) atoms. The zero-order chi connectivity index (χ0) is 25.6. The Morgan fingerprint density at radius 2 is 2.03 bits per heavy atom. The fourth-order valence-corrected chi connectivity index (χ4v) is 7.41. The molecular formula is C23H27F2N7O3S2. The van der Waals surface area contributed by atoms with Crippen LogP contribution in [0.1, 0.15) is 55.7 Å². The van der Waals surface area contributed by atoms with Gasteiger partial charge in [-0.3, -0.25) is 0 Å². The van der Waals surface area contributed by atoms with E-state index in [2.05, 4.69) is 25.1 Å². The monoisotopic (exact) mass is 551 g/mol. The maximum absolute atomic E-state index is 13.5. The van der Waals surface area contributed by atoms with E-state index in [1.54, 1.807) is 16.6 Å². The SMILES string of the molecule is CC1(NS(=O)(=O)c2cc(N3CCNC4(COC4)C3)n3nc(C4CC4)c(-c4nnc(C(F)F)s4)c3c2)CC1. The summed E-state index contributed by atoms with van der Waals surface area (Å²) < 4.78 is 63.9. The van der Waals surface area contributed by atoms with E-state index in [9.17, 15) is 17.2 Å². The molecule has 0 unspecified atom stereocenters. The van der Waals surface area contributed by atoms with Gasteiger partial charge >= 0.3 is 0 Å². The minimum atomic E-state index is -3.84. The summed E-state index contributed by atoms with van der Waals surface area (Å²) in [5.41, 5.74) is 1.27. The quantitative estimate of drug-likeness (QED) is 0.461. The van der Waals surface area contributed by atoms with Crippen LogP contribution in [0.4, 0.5) is 14.6 Å². The summed E-state index contributed by atoms with van der Waals surface area (Å²) in [6.07, 6.45) is 0.714. The average molecular weight is 552 g/mol. The highest BCUT2D eigenvalue weighted by molar-refractivity contribution is 7.89. The molecule has 0 bridgehead atoms. The van der Waals surface area contributed by atoms with Gasteiger partial charge in [-0.05, 0) is 38.7 Å². The third-order valence-corrected chi connectivity index (χ3v) is 10.2. The van der Waals surface area contributed by atoms with Gasteiger partial charge in [-0.25, -0.2) is 26.4 Å². The summed E-state index contributed by atoms with van der Waals surface area (Å²) in [7, 11) is -3.84. The van der Waals surface area contributed by atoms with Crippen molar-refractivity contribution in [3.63, 3.8) is 0 Å². The van der Waals surface area contributed by atoms with E-state index in [0.29, 0.717) is 48.2 Å². The van der Waals surface area contributed by atoms with Gasteiger partial charge in [0.1, 0.15) is 5.82 Å². The third-order valence-electron chi connectivity index (χ3n) is 7.67. The molecule has 198 valence electrons. The van der Waals surface area contributed by atoms with Gasteiger partial charge in [-0.2, -0.15) is 5.10 Å². The second kappa shape index (κ2) is 8.12. The molecule has 2 aliphatic carbocycles. The number of aromatic nitrogens is 4. The van der Waals surface area contributed by atoms with Gasteiger partial charge in [0.05, 0.1) is 40.4 Å². The van der Waals surface area contributed by atoms with Crippen molar-refractivity contribution in [2.75, 3.05) is 37.7 Å². The number of hydrogen-bond donors (Lipinski definition) is 2. The molecule has 0 radical (unpaired) electrons. The zero-order valence-corrected chi connectivity index (χ0v) is 21.8. The topological polar surface area (TPSA) is 114 Å². The maximum Gasteiger partial charge on any atom is 0.291 e. The first-order valence-electron chi connectivity index (χ1n) is 12.5. The number of sulfonamides is 1. The Hall–Kier alpha value is -2.26. The summed E-state index contributed by atoms with van der Waals surface area (Å²) in [6.45, 7) is 5.08. The van der Waals surface area contributed by atoms with Crippen LogP contribution in [0.5, 0.6) is 0 Å². The van der Waals surface area contributed by atoms with E-state index in [0.717, 1.165) is 49.3 Å². The number of pyridine rings is 1. The average Bonchev–Trinajstić information content (AvgIpc) is 3.72. The fourth-order valence-electron chi connectivity index (χ4n) is 5.15. The molecule has 3 aromatic rings. The van der Waals surface area contributed by atoms with Crippen molar-refractivity contribution in [3.05, 3.63) is 22.8 Å². The van der Waals surface area contributed by atoms with Crippen molar-refractivity contribution < 1.29 is 21.9 Å². The Labute approximate surface area is 216 Å². The second-order valence-corrected chi connectivity index (χ2v) is 13.6. The summed E-state index contributed by atoms with van der Waals surface area (Å²) >= 11 is 0.829. The molecule has 4 aliphatic rings. The molecule has 0 amide bonds. The molecule has 2 N–H and O–H groups in total. The van der Waals surface area contributed by atoms with Gasteiger partial charge in [0.25, 0.3) is 6.43 Å². The van der Waals surface area contributed by atoms with Crippen LogP contribution in [0.15, 0.2) is 17.0 Å². The lowest BCUT2D eigenvalue weighted by molar-refractivity contribution is -0.0744. The summed E-state index contributed by atoms with van der Waals surface area (Å²) in [6, 6.07) is 3.28. The highest BCUT2D eigenvalue weighted by Gasteiger charge is 2.44. The number of fused-ring (bicyclic) bond motifs is 1. The van der Waals surface area contributed by atoms with Crippen LogP contribution in [0, 0.1) is 0 Å². The van der Waals surface area contributed by atoms with Crippen LogP contribution < -0.4 is 14.9 Å². The predicted molar refractivity (Wildman–Crippen MR) is 133 cm³/mol. The van der Waals surface area contributed by atoms with E-state index in [-0.39, 0.29) is 21.4 Å². The van der Waals surface area contributed by atoms with Gasteiger partial charge in [-0.1, -0.05) is 11.3 Å². The third kappa shape index (κ3) is 4.13. The molecular weight excluding hydrogens is 524 g/mol. The standard InChI is InChI=1S/C23H27F2N7O3S2/c1-22(4-5-22)30-37(33,34)14-8-15-17(20-27-28-21(36-20)19(24)25)18(13-2-3-13)29-32(15)16(9-14)31-7-6-26-23(10-31)11-35-12-23/h8-9,13,19,26,30H,2-7,10-12H2,1H3. The van der Waals surface area contributed by atoms with Crippen molar-refractivity contribution >= 4 is 32.7 Å². The van der Waals surface area contributed by atoms with Crippen molar-refractivity contribution in [2.24, 2.45) is 0 Å². The number of nitrogens with zero attached hydrogens (tertiary/aromatic N) is 5. The van der Waals surface area contributed by atoms with Crippen LogP contribution in [0.2, 0.25) is 0 Å². The zero-order valence-electron chi connectivity index (χ0n) is 20.2. The molecule has 0 aromatic carbocycles. The fraction of sp³-hybridized carbons (Fsp3) is 0.609. The Morgan fingerprint density at radius 1 is 1.24 bits per heavy atom. The maximum atomic E-state index is 13.5. The van der Waals surface area contributed by atoms with Crippen LogP contribution in [0.25, 0.3) is 16.1 Å². The minimum absolute atomic E-state index is 0.127. The van der Waals surface area contributed by atoms with Crippen molar-refractivity contribution in [1.29, 1.82) is 0 Å². The van der Waals surface area contributed by atoms with E-state index >= 15 is 0 Å². The lowest BCUT2D eigenvalue weighted by atomic mass is 9.94. The van der Waals surface area contributed by atoms with E-state index in [4.69, 9.17) is 9.84 Å². The number of alkyl halides is 2. The van der Waals surface area contributed by atoms with Crippen molar-refractivity contribution in [1.82, 2.24) is 29.9 Å². The summed E-state index contributed by atoms with van der Waals surface area (Å²) in [4.78, 5) is 2.27. The Morgan fingerprint density at radius 3 is 2.65 bits per heavy atom. The Kier molecular flexibility index (Phi) is 5.23. The number of nitrogens with one attached hydrogen (secondary N) is 2. The number of anilines is 1. The van der Waals surface area contributed by atoms with Gasteiger partial charge < -0.3 is 15.0 Å². The number of hydrogen-bond acceptors (Lipinski definition) is 9. The minimum Gasteiger partial charge on any atom is -0.377 e. The van der Waals surface area contributed by atoms with Crippen LogP contribution in [-0.4, -0.2) is 72.2 Å². The lowest BCUT2D eigenvalue weighted by Gasteiger charge is -2.49. The van der Waals surface area contributed by atoms with E-state index in [1.165, 1.54) is 0 Å². The number of rotatable bonds is 7. The largest absolute Gasteiger partial charge is 0.377 e. The first-order chi connectivity index (χ1) is 17.7. The molecule has 10 nitrogen and oxygen atoms in total. The highest BCUT2D eigenvalue weighted by Crippen LogP contribution is 2.47. The highest BCUT2D eigenvalue weighted by atomic mass is 32.2. The van der Waals surface area contributed by atoms with Crippen LogP contribution in [-0.2, 0) is 14.8 Å².